The number of halogens is 2. The molecule has 0 saturated carbocycles. The number of rotatable bonds is 5. The summed E-state index contributed by atoms with van der Waals surface area (Å²) in [6.07, 6.45) is 0. The third-order valence-corrected chi connectivity index (χ3v) is 5.14. The fourth-order valence-corrected chi connectivity index (χ4v) is 3.60. The lowest BCUT2D eigenvalue weighted by atomic mass is 10.2. The summed E-state index contributed by atoms with van der Waals surface area (Å²) < 4.78 is 16.6. The van der Waals surface area contributed by atoms with Crippen molar-refractivity contribution in [2.24, 2.45) is 0 Å². The third-order valence-electron chi connectivity index (χ3n) is 4.61. The lowest BCUT2D eigenvalue weighted by molar-refractivity contribution is -0.118. The average Bonchev–Trinajstić information content (AvgIpc) is 3.11. The van der Waals surface area contributed by atoms with Gasteiger partial charge in [-0.25, -0.2) is 0 Å². The van der Waals surface area contributed by atoms with Crippen LogP contribution in [-0.4, -0.2) is 49.6 Å². The number of morpholine rings is 1. The first-order valence-corrected chi connectivity index (χ1v) is 10.0. The van der Waals surface area contributed by atoms with E-state index in [0.717, 1.165) is 0 Å². The van der Waals surface area contributed by atoms with Gasteiger partial charge in [-0.1, -0.05) is 35.3 Å². The zero-order chi connectivity index (χ0) is 21.1. The van der Waals surface area contributed by atoms with Crippen molar-refractivity contribution >= 4 is 51.7 Å². The Kier molecular flexibility index (Phi) is 6.13. The van der Waals surface area contributed by atoms with E-state index in [1.165, 1.54) is 6.07 Å². The minimum absolute atomic E-state index is 0.0796. The molecule has 1 aliphatic rings. The van der Waals surface area contributed by atoms with Crippen LogP contribution in [0.3, 0.4) is 0 Å². The maximum Gasteiger partial charge on any atom is 0.291 e. The number of anilines is 1. The van der Waals surface area contributed by atoms with Crippen molar-refractivity contribution in [3.8, 4) is 5.75 Å². The number of nitrogens with zero attached hydrogens (tertiary/aromatic N) is 1. The van der Waals surface area contributed by atoms with Crippen molar-refractivity contribution in [3.63, 3.8) is 0 Å². The Hall–Kier alpha value is -2.74. The molecular weight excluding hydrogens is 431 g/mol. The lowest BCUT2D eigenvalue weighted by Gasteiger charge is -2.26. The van der Waals surface area contributed by atoms with Gasteiger partial charge in [0.15, 0.2) is 6.61 Å². The molecule has 1 aliphatic heterocycles. The van der Waals surface area contributed by atoms with Crippen molar-refractivity contribution in [3.05, 3.63) is 58.3 Å². The van der Waals surface area contributed by atoms with Crippen LogP contribution in [0.4, 0.5) is 5.69 Å². The molecule has 1 saturated heterocycles. The molecule has 2 heterocycles. The summed E-state index contributed by atoms with van der Waals surface area (Å²) in [6, 6.07) is 11.8. The van der Waals surface area contributed by atoms with E-state index in [9.17, 15) is 9.59 Å². The van der Waals surface area contributed by atoms with Crippen LogP contribution < -0.4 is 10.1 Å². The number of fused-ring (bicyclic) bond motifs is 1. The van der Waals surface area contributed by atoms with Crippen molar-refractivity contribution in [1.82, 2.24) is 4.90 Å². The topological polar surface area (TPSA) is 81.0 Å². The zero-order valence-electron chi connectivity index (χ0n) is 15.8. The standard InChI is InChI=1S/C21H18Cl2N2O5/c22-13-5-6-17(15(23)11-13)29-12-18(26)24-19-14-3-1-2-4-16(14)30-20(19)21(27)25-7-9-28-10-8-25/h1-6,11H,7-10,12H2,(H,24,26). The van der Waals surface area contributed by atoms with E-state index in [1.807, 2.05) is 0 Å². The molecule has 9 heteroatoms. The highest BCUT2D eigenvalue weighted by Gasteiger charge is 2.27. The number of carbonyl (C=O) groups is 2. The van der Waals surface area contributed by atoms with Crippen LogP contribution in [0.25, 0.3) is 11.0 Å². The summed E-state index contributed by atoms with van der Waals surface area (Å²) in [7, 11) is 0. The predicted octanol–water partition coefficient (Wildman–Crippen LogP) is 4.23. The minimum atomic E-state index is -0.455. The van der Waals surface area contributed by atoms with Gasteiger partial charge in [0, 0.05) is 23.5 Å². The van der Waals surface area contributed by atoms with Gasteiger partial charge in [0.2, 0.25) is 5.76 Å². The number of benzene rings is 2. The van der Waals surface area contributed by atoms with Gasteiger partial charge < -0.3 is 24.1 Å². The highest BCUT2D eigenvalue weighted by Crippen LogP contribution is 2.32. The molecule has 2 aromatic carbocycles. The average molecular weight is 449 g/mol. The molecule has 0 aliphatic carbocycles. The first kappa shape index (κ1) is 20.5. The van der Waals surface area contributed by atoms with Gasteiger partial charge >= 0.3 is 0 Å². The van der Waals surface area contributed by atoms with Crippen molar-refractivity contribution in [2.45, 2.75) is 0 Å². The molecule has 156 valence electrons. The van der Waals surface area contributed by atoms with E-state index in [0.29, 0.717) is 58.8 Å². The molecule has 0 spiro atoms. The fourth-order valence-electron chi connectivity index (χ4n) is 3.14. The Morgan fingerprint density at radius 1 is 1.10 bits per heavy atom. The first-order chi connectivity index (χ1) is 14.5. The Morgan fingerprint density at radius 3 is 2.63 bits per heavy atom. The van der Waals surface area contributed by atoms with E-state index < -0.39 is 5.91 Å². The predicted molar refractivity (Wildman–Crippen MR) is 114 cm³/mol. The molecule has 3 aromatic rings. The molecule has 0 radical (unpaired) electrons. The largest absolute Gasteiger partial charge is 0.482 e. The van der Waals surface area contributed by atoms with Crippen LogP contribution >= 0.6 is 23.2 Å². The lowest BCUT2D eigenvalue weighted by Crippen LogP contribution is -2.40. The van der Waals surface area contributed by atoms with Crippen LogP contribution in [0.2, 0.25) is 10.0 Å². The van der Waals surface area contributed by atoms with Gasteiger partial charge in [-0.2, -0.15) is 0 Å². The number of nitrogens with one attached hydrogen (secondary N) is 1. The zero-order valence-corrected chi connectivity index (χ0v) is 17.3. The number of hydrogen-bond acceptors (Lipinski definition) is 5. The van der Waals surface area contributed by atoms with Crippen molar-refractivity contribution < 1.29 is 23.5 Å². The van der Waals surface area contributed by atoms with Gasteiger partial charge in [0.05, 0.1) is 18.2 Å². The number of amides is 2. The minimum Gasteiger partial charge on any atom is -0.482 e. The maximum atomic E-state index is 13.0. The fraction of sp³-hybridized carbons (Fsp3) is 0.238. The summed E-state index contributed by atoms with van der Waals surface area (Å²) in [4.78, 5) is 27.2. The van der Waals surface area contributed by atoms with E-state index in [1.54, 1.807) is 41.3 Å². The highest BCUT2D eigenvalue weighted by molar-refractivity contribution is 6.35. The molecular formula is C21H18Cl2N2O5. The van der Waals surface area contributed by atoms with Gasteiger partial charge in [0.25, 0.3) is 11.8 Å². The SMILES string of the molecule is O=C(COc1ccc(Cl)cc1Cl)Nc1c(C(=O)N2CCOCC2)oc2ccccc12. The summed E-state index contributed by atoms with van der Waals surface area (Å²) >= 11 is 11.9. The van der Waals surface area contributed by atoms with Crippen LogP contribution in [-0.2, 0) is 9.53 Å². The monoisotopic (exact) mass is 448 g/mol. The molecule has 2 amide bonds. The second kappa shape index (κ2) is 8.95. The summed E-state index contributed by atoms with van der Waals surface area (Å²) in [5, 5.41) is 4.14. The summed E-state index contributed by atoms with van der Waals surface area (Å²) in [5.74, 6) is -0.344. The number of para-hydroxylation sites is 1. The van der Waals surface area contributed by atoms with Crippen LogP contribution in [0.15, 0.2) is 46.9 Å². The Balaban J connectivity index is 1.54. The number of hydrogen-bond donors (Lipinski definition) is 1. The molecule has 1 N–H and O–H groups in total. The van der Waals surface area contributed by atoms with E-state index in [4.69, 9.17) is 37.1 Å². The molecule has 4 rings (SSSR count). The normalized spacial score (nSPS) is 14.0. The number of carbonyl (C=O) groups excluding carboxylic acids is 2. The van der Waals surface area contributed by atoms with Crippen LogP contribution in [0.5, 0.6) is 5.75 Å². The van der Waals surface area contributed by atoms with Crippen molar-refractivity contribution in [2.75, 3.05) is 38.2 Å². The van der Waals surface area contributed by atoms with Gasteiger partial charge in [-0.15, -0.1) is 0 Å². The molecule has 7 nitrogen and oxygen atoms in total. The molecule has 1 fully saturated rings. The van der Waals surface area contributed by atoms with Gasteiger partial charge in [-0.3, -0.25) is 9.59 Å². The van der Waals surface area contributed by atoms with E-state index in [-0.39, 0.29) is 18.3 Å². The van der Waals surface area contributed by atoms with E-state index >= 15 is 0 Å². The van der Waals surface area contributed by atoms with E-state index in [2.05, 4.69) is 5.32 Å². The summed E-state index contributed by atoms with van der Waals surface area (Å²) in [6.45, 7) is 1.54. The van der Waals surface area contributed by atoms with Gasteiger partial charge in [-0.05, 0) is 30.3 Å². The first-order valence-electron chi connectivity index (χ1n) is 9.29. The second-order valence-electron chi connectivity index (χ2n) is 6.62. The smallest absolute Gasteiger partial charge is 0.291 e. The second-order valence-corrected chi connectivity index (χ2v) is 7.46. The maximum absolute atomic E-state index is 13.0. The molecule has 1 aromatic heterocycles. The third kappa shape index (κ3) is 4.38. The molecule has 30 heavy (non-hydrogen) atoms. The highest BCUT2D eigenvalue weighted by atomic mass is 35.5. The molecule has 0 unspecified atom stereocenters. The van der Waals surface area contributed by atoms with Gasteiger partial charge in [0.1, 0.15) is 17.0 Å². The Bertz CT molecular complexity index is 1090. The quantitative estimate of drug-likeness (QED) is 0.631. The number of furan rings is 1. The number of ether oxygens (including phenoxy) is 2. The van der Waals surface area contributed by atoms with Crippen LogP contribution in [0.1, 0.15) is 10.6 Å². The Morgan fingerprint density at radius 2 is 1.87 bits per heavy atom. The summed E-state index contributed by atoms with van der Waals surface area (Å²) in [5.41, 5.74) is 0.823. The molecule has 0 atom stereocenters. The Labute approximate surface area is 182 Å². The van der Waals surface area contributed by atoms with Crippen LogP contribution in [0, 0.1) is 0 Å². The molecule has 0 bridgehead atoms. The van der Waals surface area contributed by atoms with Crippen molar-refractivity contribution in [1.29, 1.82) is 0 Å².